The first-order chi connectivity index (χ1) is 7.54. The van der Waals surface area contributed by atoms with Crippen LogP contribution >= 0.6 is 22.6 Å². The molecule has 0 radical (unpaired) electrons. The van der Waals surface area contributed by atoms with Crippen molar-refractivity contribution in [2.24, 2.45) is 0 Å². The Hall–Kier alpha value is -0.850. The summed E-state index contributed by atoms with van der Waals surface area (Å²) in [6.07, 6.45) is 1.53. The summed E-state index contributed by atoms with van der Waals surface area (Å²) in [5, 5.41) is 0. The highest BCUT2D eigenvalue weighted by molar-refractivity contribution is 14.1. The van der Waals surface area contributed by atoms with Crippen molar-refractivity contribution in [3.63, 3.8) is 0 Å². The van der Waals surface area contributed by atoms with Gasteiger partial charge in [0, 0.05) is 6.20 Å². The zero-order valence-electron chi connectivity index (χ0n) is 9.49. The normalized spacial score (nSPS) is 10.3. The van der Waals surface area contributed by atoms with Crippen molar-refractivity contribution in [1.82, 2.24) is 4.98 Å². The fourth-order valence-corrected chi connectivity index (χ4v) is 1.66. The average Bonchev–Trinajstić information content (AvgIpc) is 2.20. The van der Waals surface area contributed by atoms with Gasteiger partial charge in [0.1, 0.15) is 0 Å². The molecule has 16 heavy (non-hydrogen) atoms. The van der Waals surface area contributed by atoms with E-state index in [1.54, 1.807) is 13.0 Å². The van der Waals surface area contributed by atoms with Gasteiger partial charge in [-0.1, -0.05) is 0 Å². The summed E-state index contributed by atoms with van der Waals surface area (Å²) < 4.78 is 11.2. The van der Waals surface area contributed by atoms with E-state index >= 15 is 0 Å². The van der Waals surface area contributed by atoms with Crippen molar-refractivity contribution in [3.8, 4) is 5.88 Å². The number of nitrogens with zero attached hydrogens (tertiary/aromatic N) is 1. The zero-order valence-corrected chi connectivity index (χ0v) is 11.6. The fraction of sp³-hybridized carbons (Fsp3) is 0.455. The maximum absolute atomic E-state index is 11.4. The molecule has 0 saturated heterocycles. The van der Waals surface area contributed by atoms with Crippen molar-refractivity contribution < 1.29 is 14.3 Å². The predicted molar refractivity (Wildman–Crippen MR) is 68.7 cm³/mol. The lowest BCUT2D eigenvalue weighted by Gasteiger charge is -2.10. The number of pyridine rings is 1. The van der Waals surface area contributed by atoms with E-state index in [0.29, 0.717) is 18.1 Å². The smallest absolute Gasteiger partial charge is 0.339 e. The van der Waals surface area contributed by atoms with Crippen LogP contribution in [0.5, 0.6) is 5.88 Å². The maximum Gasteiger partial charge on any atom is 0.339 e. The van der Waals surface area contributed by atoms with Gasteiger partial charge in [0.15, 0.2) is 0 Å². The van der Waals surface area contributed by atoms with E-state index in [1.807, 2.05) is 13.8 Å². The minimum atomic E-state index is -0.357. The van der Waals surface area contributed by atoms with Gasteiger partial charge in [-0.2, -0.15) is 0 Å². The average molecular weight is 335 g/mol. The lowest BCUT2D eigenvalue weighted by Crippen LogP contribution is -2.10. The number of hydrogen-bond donors (Lipinski definition) is 0. The molecule has 1 rings (SSSR count). The van der Waals surface area contributed by atoms with Crippen LogP contribution in [0.15, 0.2) is 12.3 Å². The topological polar surface area (TPSA) is 48.4 Å². The van der Waals surface area contributed by atoms with Crippen LogP contribution in [0.3, 0.4) is 0 Å². The van der Waals surface area contributed by atoms with Crippen molar-refractivity contribution in [3.05, 3.63) is 21.4 Å². The molecule has 1 heterocycles. The number of esters is 1. The summed E-state index contributed by atoms with van der Waals surface area (Å²) in [6, 6.07) is 1.71. The molecule has 0 aromatic carbocycles. The number of ether oxygens (including phenoxy) is 2. The summed E-state index contributed by atoms with van der Waals surface area (Å²) in [6.45, 7) is 5.99. The first kappa shape index (κ1) is 13.2. The zero-order chi connectivity index (χ0) is 12.1. The van der Waals surface area contributed by atoms with E-state index in [1.165, 1.54) is 6.20 Å². The van der Waals surface area contributed by atoms with Gasteiger partial charge in [0.05, 0.1) is 21.8 Å². The van der Waals surface area contributed by atoms with Crippen molar-refractivity contribution >= 4 is 28.6 Å². The molecule has 1 aromatic heterocycles. The molecule has 0 unspecified atom stereocenters. The second-order valence-electron chi connectivity index (χ2n) is 3.40. The van der Waals surface area contributed by atoms with Gasteiger partial charge in [-0.3, -0.25) is 0 Å². The van der Waals surface area contributed by atoms with E-state index in [2.05, 4.69) is 27.6 Å². The van der Waals surface area contributed by atoms with E-state index in [-0.39, 0.29) is 12.1 Å². The minimum absolute atomic E-state index is 0.0643. The van der Waals surface area contributed by atoms with E-state index in [0.717, 1.165) is 3.57 Å². The van der Waals surface area contributed by atoms with Crippen molar-refractivity contribution in [2.45, 2.75) is 26.9 Å². The third-order valence-corrected chi connectivity index (χ3v) is 2.44. The van der Waals surface area contributed by atoms with Crippen LogP contribution in [0.2, 0.25) is 0 Å². The molecule has 0 bridgehead atoms. The van der Waals surface area contributed by atoms with Gasteiger partial charge in [-0.15, -0.1) is 0 Å². The van der Waals surface area contributed by atoms with Crippen LogP contribution < -0.4 is 4.74 Å². The van der Waals surface area contributed by atoms with E-state index in [9.17, 15) is 4.79 Å². The number of halogens is 1. The van der Waals surface area contributed by atoms with Crippen LogP contribution in [0.25, 0.3) is 0 Å². The molecule has 0 spiro atoms. The van der Waals surface area contributed by atoms with Crippen molar-refractivity contribution in [2.75, 3.05) is 6.61 Å². The van der Waals surface area contributed by atoms with E-state index < -0.39 is 0 Å². The third-order valence-electron chi connectivity index (χ3n) is 1.67. The second-order valence-corrected chi connectivity index (χ2v) is 4.56. The number of carbonyl (C=O) groups is 1. The second kappa shape index (κ2) is 6.03. The molecular weight excluding hydrogens is 321 g/mol. The third kappa shape index (κ3) is 3.62. The Morgan fingerprint density at radius 2 is 2.25 bits per heavy atom. The Bertz CT molecular complexity index is 379. The van der Waals surface area contributed by atoms with Gasteiger partial charge >= 0.3 is 5.97 Å². The van der Waals surface area contributed by atoms with Crippen LogP contribution in [0.1, 0.15) is 31.1 Å². The fourth-order valence-electron chi connectivity index (χ4n) is 1.06. The van der Waals surface area contributed by atoms with Crippen molar-refractivity contribution in [1.29, 1.82) is 0 Å². The first-order valence-corrected chi connectivity index (χ1v) is 6.11. The molecular formula is C11H14INO3. The SMILES string of the molecule is CCOC(=O)c1cnc(OC(C)C)c(I)c1. The van der Waals surface area contributed by atoms with Gasteiger partial charge in [-0.25, -0.2) is 9.78 Å². The monoisotopic (exact) mass is 335 g/mol. The summed E-state index contributed by atoms with van der Waals surface area (Å²) in [5.41, 5.74) is 0.447. The Kier molecular flexibility index (Phi) is 4.98. The van der Waals surface area contributed by atoms with Crippen LogP contribution in [0, 0.1) is 3.57 Å². The molecule has 0 saturated carbocycles. The van der Waals surface area contributed by atoms with Crippen LogP contribution in [-0.2, 0) is 4.74 Å². The Morgan fingerprint density at radius 3 is 2.75 bits per heavy atom. The molecule has 0 aliphatic heterocycles. The Balaban J connectivity index is 2.86. The highest BCUT2D eigenvalue weighted by Crippen LogP contribution is 2.20. The summed E-state index contributed by atoms with van der Waals surface area (Å²) >= 11 is 2.09. The lowest BCUT2D eigenvalue weighted by molar-refractivity contribution is 0.0525. The lowest BCUT2D eigenvalue weighted by atomic mass is 10.3. The molecule has 4 nitrogen and oxygen atoms in total. The number of rotatable bonds is 4. The standard InChI is InChI=1S/C11H14INO3/c1-4-15-11(14)8-5-9(12)10(13-6-8)16-7(2)3/h5-7H,4H2,1-3H3. The Morgan fingerprint density at radius 1 is 1.56 bits per heavy atom. The number of aromatic nitrogens is 1. The molecule has 0 aliphatic rings. The van der Waals surface area contributed by atoms with Crippen LogP contribution in [0.4, 0.5) is 0 Å². The van der Waals surface area contributed by atoms with Crippen LogP contribution in [-0.4, -0.2) is 23.7 Å². The van der Waals surface area contributed by atoms with Gasteiger partial charge in [0.2, 0.25) is 5.88 Å². The largest absolute Gasteiger partial charge is 0.474 e. The maximum atomic E-state index is 11.4. The molecule has 0 fully saturated rings. The highest BCUT2D eigenvalue weighted by atomic mass is 127. The van der Waals surface area contributed by atoms with E-state index in [4.69, 9.17) is 9.47 Å². The predicted octanol–water partition coefficient (Wildman–Crippen LogP) is 2.65. The quantitative estimate of drug-likeness (QED) is 0.627. The first-order valence-electron chi connectivity index (χ1n) is 5.04. The molecule has 0 N–H and O–H groups in total. The minimum Gasteiger partial charge on any atom is -0.474 e. The highest BCUT2D eigenvalue weighted by Gasteiger charge is 2.11. The molecule has 5 heteroatoms. The number of hydrogen-bond acceptors (Lipinski definition) is 4. The summed E-state index contributed by atoms with van der Waals surface area (Å²) in [4.78, 5) is 15.5. The summed E-state index contributed by atoms with van der Waals surface area (Å²) in [7, 11) is 0. The molecule has 0 aliphatic carbocycles. The summed E-state index contributed by atoms with van der Waals surface area (Å²) in [5.74, 6) is 0.188. The van der Waals surface area contributed by atoms with Gasteiger partial charge < -0.3 is 9.47 Å². The van der Waals surface area contributed by atoms with Gasteiger partial charge in [0.25, 0.3) is 0 Å². The number of carbonyl (C=O) groups excluding carboxylic acids is 1. The molecule has 1 aromatic rings. The molecule has 0 amide bonds. The Labute approximate surface area is 108 Å². The van der Waals surface area contributed by atoms with Gasteiger partial charge in [-0.05, 0) is 49.4 Å². The molecule has 88 valence electrons. The molecule has 0 atom stereocenters.